The molecular weight excluding hydrogens is 214 g/mol. The molecule has 0 aromatic carbocycles. The monoisotopic (exact) mass is 233 g/mol. The molecule has 1 heterocycles. The molecule has 1 aromatic rings. The van der Waals surface area contributed by atoms with Crippen molar-refractivity contribution in [2.24, 2.45) is 5.73 Å². The van der Waals surface area contributed by atoms with Gasteiger partial charge in [0.1, 0.15) is 0 Å². The van der Waals surface area contributed by atoms with E-state index in [1.165, 1.54) is 5.57 Å². The molecule has 17 heavy (non-hydrogen) atoms. The lowest BCUT2D eigenvalue weighted by Gasteiger charge is -1.96. The van der Waals surface area contributed by atoms with Gasteiger partial charge < -0.3 is 10.3 Å². The van der Waals surface area contributed by atoms with E-state index in [0.29, 0.717) is 11.7 Å². The van der Waals surface area contributed by atoms with Crippen LogP contribution in [0.15, 0.2) is 34.4 Å². The fraction of sp³-hybridized carbons (Fsp3) is 0.385. The summed E-state index contributed by atoms with van der Waals surface area (Å²) in [6.45, 7) is 6.38. The smallest absolute Gasteiger partial charge is 0.240 e. The molecule has 0 aliphatic heterocycles. The van der Waals surface area contributed by atoms with E-state index in [0.717, 1.165) is 12.0 Å². The predicted molar refractivity (Wildman–Crippen MR) is 69.0 cm³/mol. The van der Waals surface area contributed by atoms with Crippen LogP contribution in [0.1, 0.15) is 38.9 Å². The second-order valence-corrected chi connectivity index (χ2v) is 3.67. The average Bonchev–Trinajstić information content (AvgIpc) is 2.77. The first-order valence-electron chi connectivity index (χ1n) is 5.75. The van der Waals surface area contributed by atoms with Crippen LogP contribution in [0.2, 0.25) is 0 Å². The maximum Gasteiger partial charge on any atom is 0.240 e. The molecule has 0 fully saturated rings. The van der Waals surface area contributed by atoms with Crippen molar-refractivity contribution in [3.8, 4) is 0 Å². The molecule has 0 saturated carbocycles. The van der Waals surface area contributed by atoms with Crippen LogP contribution < -0.4 is 5.73 Å². The molecule has 0 atom stereocenters. The first-order valence-corrected chi connectivity index (χ1v) is 5.75. The number of aromatic nitrogens is 2. The van der Waals surface area contributed by atoms with E-state index >= 15 is 0 Å². The van der Waals surface area contributed by atoms with Gasteiger partial charge in [0.2, 0.25) is 11.7 Å². The van der Waals surface area contributed by atoms with Gasteiger partial charge in [-0.1, -0.05) is 35.9 Å². The van der Waals surface area contributed by atoms with Crippen LogP contribution in [0.25, 0.3) is 5.57 Å². The quantitative estimate of drug-likeness (QED) is 0.794. The third-order valence-corrected chi connectivity index (χ3v) is 2.16. The van der Waals surface area contributed by atoms with Crippen molar-refractivity contribution in [2.45, 2.75) is 33.7 Å². The van der Waals surface area contributed by atoms with Gasteiger partial charge in [0.05, 0.1) is 6.54 Å². The van der Waals surface area contributed by atoms with Gasteiger partial charge in [-0.25, -0.2) is 0 Å². The summed E-state index contributed by atoms with van der Waals surface area (Å²) in [5, 5.41) is 3.91. The summed E-state index contributed by atoms with van der Waals surface area (Å²) in [4.78, 5) is 4.21. The van der Waals surface area contributed by atoms with Crippen LogP contribution in [0.3, 0.4) is 0 Å². The number of hydrogen-bond donors (Lipinski definition) is 1. The highest BCUT2D eigenvalue weighted by atomic mass is 16.5. The Balaban J connectivity index is 3.04. The second kappa shape index (κ2) is 6.81. The van der Waals surface area contributed by atoms with Gasteiger partial charge in [0.25, 0.3) is 0 Å². The topological polar surface area (TPSA) is 64.9 Å². The fourth-order valence-electron chi connectivity index (χ4n) is 1.45. The maximum atomic E-state index is 5.44. The molecule has 4 heteroatoms. The summed E-state index contributed by atoms with van der Waals surface area (Å²) in [5.41, 5.74) is 7.55. The van der Waals surface area contributed by atoms with E-state index in [-0.39, 0.29) is 6.54 Å². The minimum atomic E-state index is 0.264. The first kappa shape index (κ1) is 13.4. The Labute approximate surface area is 102 Å². The van der Waals surface area contributed by atoms with E-state index in [9.17, 15) is 0 Å². The number of nitrogens with zero attached hydrogens (tertiary/aromatic N) is 2. The minimum Gasteiger partial charge on any atom is -0.338 e. The highest BCUT2D eigenvalue weighted by molar-refractivity contribution is 5.71. The van der Waals surface area contributed by atoms with E-state index in [2.05, 4.69) is 30.1 Å². The van der Waals surface area contributed by atoms with E-state index < -0.39 is 0 Å². The summed E-state index contributed by atoms with van der Waals surface area (Å²) < 4.78 is 5.00. The molecule has 4 nitrogen and oxygen atoms in total. The van der Waals surface area contributed by atoms with E-state index in [1.807, 2.05) is 25.2 Å². The summed E-state index contributed by atoms with van der Waals surface area (Å²) in [7, 11) is 0. The van der Waals surface area contributed by atoms with Crippen molar-refractivity contribution in [3.63, 3.8) is 0 Å². The number of allylic oxidation sites excluding steroid dienone is 6. The van der Waals surface area contributed by atoms with E-state index in [4.69, 9.17) is 10.3 Å². The lowest BCUT2D eigenvalue weighted by molar-refractivity contribution is 0.378. The zero-order valence-corrected chi connectivity index (χ0v) is 10.6. The highest BCUT2D eigenvalue weighted by Crippen LogP contribution is 2.15. The molecule has 1 rings (SSSR count). The molecule has 0 bridgehead atoms. The van der Waals surface area contributed by atoms with Crippen LogP contribution in [-0.4, -0.2) is 10.1 Å². The maximum absolute atomic E-state index is 5.44. The Morgan fingerprint density at radius 2 is 2.24 bits per heavy atom. The average molecular weight is 233 g/mol. The molecule has 0 aliphatic rings. The third-order valence-electron chi connectivity index (χ3n) is 2.16. The van der Waals surface area contributed by atoms with Crippen molar-refractivity contribution in [1.82, 2.24) is 10.1 Å². The van der Waals surface area contributed by atoms with E-state index in [1.54, 1.807) is 0 Å². The normalized spacial score (nSPS) is 13.6. The molecule has 0 unspecified atom stereocenters. The highest BCUT2D eigenvalue weighted by Gasteiger charge is 2.07. The van der Waals surface area contributed by atoms with Gasteiger partial charge in [-0.05, 0) is 26.3 Å². The molecule has 0 saturated heterocycles. The number of rotatable bonds is 5. The van der Waals surface area contributed by atoms with Gasteiger partial charge >= 0.3 is 0 Å². The SMILES string of the molecule is C\C=C/C(=C\C(C)=C\CC)c1noc(CN)n1. The van der Waals surface area contributed by atoms with Crippen molar-refractivity contribution < 1.29 is 4.52 Å². The van der Waals surface area contributed by atoms with Crippen molar-refractivity contribution in [1.29, 1.82) is 0 Å². The minimum absolute atomic E-state index is 0.264. The van der Waals surface area contributed by atoms with Gasteiger partial charge in [-0.2, -0.15) is 4.98 Å². The molecule has 0 radical (unpaired) electrons. The molecule has 92 valence electrons. The second-order valence-electron chi connectivity index (χ2n) is 3.67. The lowest BCUT2D eigenvalue weighted by Crippen LogP contribution is -1.96. The Morgan fingerprint density at radius 3 is 2.76 bits per heavy atom. The molecule has 0 spiro atoms. The van der Waals surface area contributed by atoms with Gasteiger partial charge in [0.15, 0.2) is 0 Å². The van der Waals surface area contributed by atoms with Crippen molar-refractivity contribution in [2.75, 3.05) is 0 Å². The molecule has 1 aromatic heterocycles. The molecular formula is C13H19N3O. The fourth-order valence-corrected chi connectivity index (χ4v) is 1.45. The standard InChI is InChI=1S/C13H19N3O/c1-4-6-10(3)8-11(7-5-2)13-15-12(9-14)17-16-13/h5-8H,4,9,14H2,1-3H3/b7-5-,10-6+,11-8+. The Hall–Kier alpha value is -1.68. The summed E-state index contributed by atoms with van der Waals surface area (Å²) in [6.07, 6.45) is 9.09. The Bertz CT molecular complexity index is 441. The lowest BCUT2D eigenvalue weighted by atomic mass is 10.1. The van der Waals surface area contributed by atoms with Crippen LogP contribution in [-0.2, 0) is 6.54 Å². The number of nitrogens with two attached hydrogens (primary N) is 1. The Morgan fingerprint density at radius 1 is 1.47 bits per heavy atom. The Kier molecular flexibility index (Phi) is 5.36. The van der Waals surface area contributed by atoms with Gasteiger partial charge in [0, 0.05) is 5.57 Å². The van der Waals surface area contributed by atoms with Crippen LogP contribution >= 0.6 is 0 Å². The molecule has 2 N–H and O–H groups in total. The van der Waals surface area contributed by atoms with Crippen LogP contribution in [0, 0.1) is 0 Å². The molecule has 0 amide bonds. The molecule has 0 aliphatic carbocycles. The largest absolute Gasteiger partial charge is 0.338 e. The summed E-state index contributed by atoms with van der Waals surface area (Å²) >= 11 is 0. The third kappa shape index (κ3) is 4.00. The van der Waals surface area contributed by atoms with Crippen molar-refractivity contribution >= 4 is 5.57 Å². The summed E-state index contributed by atoms with van der Waals surface area (Å²) in [5.74, 6) is 1.03. The zero-order valence-electron chi connectivity index (χ0n) is 10.6. The first-order chi connectivity index (χ1) is 8.21. The van der Waals surface area contributed by atoms with Crippen molar-refractivity contribution in [3.05, 3.63) is 41.6 Å². The van der Waals surface area contributed by atoms with Gasteiger partial charge in [-0.3, -0.25) is 0 Å². The zero-order chi connectivity index (χ0) is 12.7. The van der Waals surface area contributed by atoms with Crippen LogP contribution in [0.4, 0.5) is 0 Å². The van der Waals surface area contributed by atoms with Crippen LogP contribution in [0.5, 0.6) is 0 Å². The number of hydrogen-bond acceptors (Lipinski definition) is 4. The summed E-state index contributed by atoms with van der Waals surface area (Å²) in [6, 6.07) is 0. The van der Waals surface area contributed by atoms with Gasteiger partial charge in [-0.15, -0.1) is 0 Å². The predicted octanol–water partition coefficient (Wildman–Crippen LogP) is 2.84.